The summed E-state index contributed by atoms with van der Waals surface area (Å²) in [5.41, 5.74) is -0.364. The van der Waals surface area contributed by atoms with E-state index in [-0.39, 0.29) is 29.0 Å². The number of fused-ring (bicyclic) bond motifs is 8. The van der Waals surface area contributed by atoms with Crippen molar-refractivity contribution in [3.05, 3.63) is 33.9 Å². The number of benzene rings is 1. The Hall–Kier alpha value is -2.64. The normalized spacial score (nSPS) is 33.9. The predicted molar refractivity (Wildman–Crippen MR) is 111 cm³/mol. The number of nitro groups is 1. The summed E-state index contributed by atoms with van der Waals surface area (Å²) < 4.78 is 11.3. The lowest BCUT2D eigenvalue weighted by atomic mass is 9.57. The minimum Gasteiger partial charge on any atom is -0.422 e. The van der Waals surface area contributed by atoms with Crippen LogP contribution in [-0.4, -0.2) is 34.7 Å². The van der Waals surface area contributed by atoms with E-state index in [4.69, 9.17) is 9.47 Å². The fourth-order valence-electron chi connectivity index (χ4n) is 7.18. The van der Waals surface area contributed by atoms with Gasteiger partial charge in [-0.05, 0) is 41.7 Å². The Labute approximate surface area is 181 Å². The van der Waals surface area contributed by atoms with Crippen LogP contribution in [-0.2, 0) is 25.5 Å². The van der Waals surface area contributed by atoms with Crippen LogP contribution in [0.15, 0.2) is 18.2 Å². The maximum absolute atomic E-state index is 13.6. The number of ether oxygens (including phenoxy) is 2. The van der Waals surface area contributed by atoms with E-state index in [0.29, 0.717) is 5.56 Å². The first kappa shape index (κ1) is 20.3. The van der Waals surface area contributed by atoms with Gasteiger partial charge in [0, 0.05) is 44.1 Å². The van der Waals surface area contributed by atoms with Gasteiger partial charge in [0.25, 0.3) is 11.5 Å². The molecule has 8 nitrogen and oxygen atoms in total. The smallest absolute Gasteiger partial charge is 0.329 e. The number of non-ortho nitro benzene ring substituents is 1. The van der Waals surface area contributed by atoms with Crippen LogP contribution in [0, 0.1) is 26.4 Å². The summed E-state index contributed by atoms with van der Waals surface area (Å²) in [5, 5.41) is 11.4. The average molecular weight is 428 g/mol. The van der Waals surface area contributed by atoms with Crippen LogP contribution in [0.2, 0.25) is 0 Å². The number of anilines is 1. The molecular weight excluding hydrogens is 400 g/mol. The van der Waals surface area contributed by atoms with E-state index in [0.717, 1.165) is 24.9 Å². The number of hydrogen-bond acceptors (Lipinski definition) is 7. The van der Waals surface area contributed by atoms with Crippen LogP contribution in [0.5, 0.6) is 0 Å². The first-order valence-electron chi connectivity index (χ1n) is 10.8. The van der Waals surface area contributed by atoms with Gasteiger partial charge < -0.3 is 14.4 Å². The van der Waals surface area contributed by atoms with Crippen molar-refractivity contribution in [1.29, 1.82) is 0 Å². The van der Waals surface area contributed by atoms with Crippen LogP contribution in [0.3, 0.4) is 0 Å². The van der Waals surface area contributed by atoms with Gasteiger partial charge in [0.1, 0.15) is 0 Å². The fraction of sp³-hybridized carbons (Fsp3) is 0.652. The van der Waals surface area contributed by atoms with Gasteiger partial charge in [-0.25, -0.2) is 0 Å². The number of carbonyl (C=O) groups excluding carboxylic acids is 2. The van der Waals surface area contributed by atoms with Gasteiger partial charge in [-0.2, -0.15) is 0 Å². The Morgan fingerprint density at radius 2 is 1.71 bits per heavy atom. The molecular formula is C23H28N2O6. The zero-order valence-electron chi connectivity index (χ0n) is 18.6. The van der Waals surface area contributed by atoms with Crippen molar-refractivity contribution in [2.45, 2.75) is 78.2 Å². The molecule has 2 saturated heterocycles. The zero-order chi connectivity index (χ0) is 22.6. The number of nitro benzene ring substituents is 1. The number of esters is 2. The topological polar surface area (TPSA) is 99.0 Å². The molecule has 1 aliphatic carbocycles. The largest absolute Gasteiger partial charge is 0.422 e. The zero-order valence-corrected chi connectivity index (χ0v) is 18.6. The molecule has 1 saturated carbocycles. The Morgan fingerprint density at radius 1 is 1.06 bits per heavy atom. The van der Waals surface area contributed by atoms with Crippen molar-refractivity contribution in [3.63, 3.8) is 0 Å². The van der Waals surface area contributed by atoms with Crippen molar-refractivity contribution in [2.24, 2.45) is 16.2 Å². The summed E-state index contributed by atoms with van der Waals surface area (Å²) in [6.45, 7) is 9.70. The van der Waals surface area contributed by atoms with Crippen molar-refractivity contribution < 1.29 is 24.0 Å². The molecule has 31 heavy (non-hydrogen) atoms. The maximum atomic E-state index is 13.6. The highest BCUT2D eigenvalue weighted by Crippen LogP contribution is 2.64. The third-order valence-electron chi connectivity index (χ3n) is 7.60. The molecule has 2 bridgehead atoms. The summed E-state index contributed by atoms with van der Waals surface area (Å²) in [6.07, 6.45) is 2.68. The monoisotopic (exact) mass is 428 g/mol. The number of carbonyl (C=O) groups is 2. The number of nitrogens with zero attached hydrogens (tertiary/aromatic N) is 2. The minimum atomic E-state index is -1.54. The van der Waals surface area contributed by atoms with Crippen LogP contribution in [0.4, 0.5) is 11.4 Å². The van der Waals surface area contributed by atoms with Gasteiger partial charge in [0.05, 0.1) is 11.0 Å². The number of hydrogen-bond donors (Lipinski definition) is 0. The molecule has 3 fully saturated rings. The van der Waals surface area contributed by atoms with Crippen LogP contribution in [0.25, 0.3) is 0 Å². The third-order valence-corrected chi connectivity index (χ3v) is 7.60. The molecule has 3 aliphatic heterocycles. The molecule has 3 heterocycles. The van der Waals surface area contributed by atoms with Crippen molar-refractivity contribution in [1.82, 2.24) is 0 Å². The number of cyclic esters (lactones) is 2. The van der Waals surface area contributed by atoms with Crippen molar-refractivity contribution in [2.75, 3.05) is 4.90 Å². The van der Waals surface area contributed by atoms with Gasteiger partial charge in [-0.3, -0.25) is 19.7 Å². The Kier molecular flexibility index (Phi) is 3.78. The van der Waals surface area contributed by atoms with Gasteiger partial charge in [0.2, 0.25) is 0 Å². The summed E-state index contributed by atoms with van der Waals surface area (Å²) >= 11 is 0. The quantitative estimate of drug-likeness (QED) is 0.291. The first-order valence-corrected chi connectivity index (χ1v) is 10.8. The second-order valence-corrected chi connectivity index (χ2v) is 11.3. The van der Waals surface area contributed by atoms with Gasteiger partial charge in [-0.1, -0.05) is 20.8 Å². The molecule has 1 aromatic rings. The molecule has 0 N–H and O–H groups in total. The van der Waals surface area contributed by atoms with E-state index in [2.05, 4.69) is 25.7 Å². The van der Waals surface area contributed by atoms with Crippen LogP contribution >= 0.6 is 0 Å². The number of rotatable bonds is 1. The molecule has 4 aliphatic rings. The first-order chi connectivity index (χ1) is 14.3. The van der Waals surface area contributed by atoms with E-state index < -0.39 is 34.1 Å². The highest BCUT2D eigenvalue weighted by Gasteiger charge is 2.72. The van der Waals surface area contributed by atoms with Crippen LogP contribution < -0.4 is 4.90 Å². The van der Waals surface area contributed by atoms with E-state index >= 15 is 0 Å². The lowest BCUT2D eigenvalue weighted by Crippen LogP contribution is -2.67. The molecule has 1 spiro atoms. The molecule has 8 heteroatoms. The summed E-state index contributed by atoms with van der Waals surface area (Å²) in [4.78, 5) is 40.3. The van der Waals surface area contributed by atoms with Gasteiger partial charge in [-0.15, -0.1) is 0 Å². The highest BCUT2D eigenvalue weighted by atomic mass is 16.7. The molecule has 0 radical (unpaired) electrons. The fourth-order valence-corrected chi connectivity index (χ4v) is 7.18. The van der Waals surface area contributed by atoms with E-state index in [1.165, 1.54) is 12.1 Å². The van der Waals surface area contributed by atoms with Gasteiger partial charge >= 0.3 is 11.9 Å². The maximum Gasteiger partial charge on any atom is 0.329 e. The Balaban J connectivity index is 1.75. The standard InChI is InChI=1S/C23H28N2O6/c1-20(2)10-15-11-22(5,12-20)17-23(18(26)30-21(3,4)31-19(23)27)9-13-8-14(25(28)29)6-7-16(13)24(15)17/h6-8,15,17H,9-12H2,1-5H3/t15-,17+,22-/m1/s1. The Morgan fingerprint density at radius 3 is 2.32 bits per heavy atom. The van der Waals surface area contributed by atoms with Crippen molar-refractivity contribution >= 4 is 23.3 Å². The lowest BCUT2D eigenvalue weighted by molar-refractivity contribution is -0.384. The third kappa shape index (κ3) is 2.66. The molecule has 0 aromatic heterocycles. The molecule has 0 amide bonds. The SMILES string of the molecule is CC1(C)C[C@@H]2C[C@](C)(C1)[C@@H]1N2c2ccc([N+](=O)[O-])cc2CC12C(=O)OC(C)(C)OC2=O. The molecule has 1 aromatic carbocycles. The average Bonchev–Trinajstić information content (AvgIpc) is 2.84. The lowest BCUT2D eigenvalue weighted by Gasteiger charge is -2.53. The predicted octanol–water partition coefficient (Wildman–Crippen LogP) is 3.75. The van der Waals surface area contributed by atoms with Crippen LogP contribution in [0.1, 0.15) is 59.4 Å². The van der Waals surface area contributed by atoms with E-state index in [1.807, 2.05) is 0 Å². The van der Waals surface area contributed by atoms with Gasteiger partial charge in [0.15, 0.2) is 5.41 Å². The molecule has 0 unspecified atom stereocenters. The highest BCUT2D eigenvalue weighted by molar-refractivity contribution is 6.04. The summed E-state index contributed by atoms with van der Waals surface area (Å²) in [6, 6.07) is 4.48. The minimum absolute atomic E-state index is 0.0406. The molecule has 166 valence electrons. The molecule has 3 atom stereocenters. The molecule has 5 rings (SSSR count). The summed E-state index contributed by atoms with van der Waals surface area (Å²) in [7, 11) is 0. The van der Waals surface area contributed by atoms with Crippen molar-refractivity contribution in [3.8, 4) is 0 Å². The second kappa shape index (κ2) is 5.78. The van der Waals surface area contributed by atoms with E-state index in [9.17, 15) is 19.7 Å². The Bertz CT molecular complexity index is 1010. The summed E-state index contributed by atoms with van der Waals surface area (Å²) in [5.74, 6) is -2.51. The second-order valence-electron chi connectivity index (χ2n) is 11.3. The van der Waals surface area contributed by atoms with E-state index in [1.54, 1.807) is 19.9 Å².